The van der Waals surface area contributed by atoms with Crippen LogP contribution in [0.1, 0.15) is 13.3 Å². The lowest BCUT2D eigenvalue weighted by Crippen LogP contribution is -2.36. The molecule has 0 saturated carbocycles. The Morgan fingerprint density at radius 3 is 2.61 bits per heavy atom. The van der Waals surface area contributed by atoms with Crippen LogP contribution < -0.4 is 16.2 Å². The van der Waals surface area contributed by atoms with Crippen molar-refractivity contribution < 1.29 is 13.2 Å². The number of sulfonamides is 1. The van der Waals surface area contributed by atoms with Gasteiger partial charge in [-0.25, -0.2) is 13.1 Å². The van der Waals surface area contributed by atoms with Crippen molar-refractivity contribution >= 4 is 33.2 Å². The molecule has 1 unspecified atom stereocenters. The highest BCUT2D eigenvalue weighted by molar-refractivity contribution is 7.89. The molecule has 0 aliphatic heterocycles. The van der Waals surface area contributed by atoms with Gasteiger partial charge in [0.05, 0.1) is 10.7 Å². The Balaban J connectivity index is 3.04. The first-order valence-electron chi connectivity index (χ1n) is 5.08. The molecular formula is C10H14ClN3O3S. The van der Waals surface area contributed by atoms with Crippen molar-refractivity contribution in [2.45, 2.75) is 24.3 Å². The Hall–Kier alpha value is -1.31. The molecule has 1 rings (SSSR count). The predicted octanol–water partition coefficient (Wildman–Crippen LogP) is 0.464. The topological polar surface area (TPSA) is 115 Å². The smallest absolute Gasteiger partial charge is 0.244 e. The number of primary amides is 1. The Bertz CT molecular complexity index is 539. The van der Waals surface area contributed by atoms with E-state index in [9.17, 15) is 13.2 Å². The van der Waals surface area contributed by atoms with Gasteiger partial charge in [0, 0.05) is 12.5 Å². The molecular weight excluding hydrogens is 278 g/mol. The average Bonchev–Trinajstić information content (AvgIpc) is 2.13. The van der Waals surface area contributed by atoms with Crippen molar-refractivity contribution in [1.29, 1.82) is 0 Å². The lowest BCUT2D eigenvalue weighted by atomic mass is 10.2. The van der Waals surface area contributed by atoms with Crippen molar-refractivity contribution in [1.82, 2.24) is 4.72 Å². The molecule has 0 heterocycles. The molecule has 1 aromatic carbocycles. The van der Waals surface area contributed by atoms with Crippen LogP contribution in [0.4, 0.5) is 5.69 Å². The van der Waals surface area contributed by atoms with Crippen molar-refractivity contribution in [3.05, 3.63) is 23.2 Å². The van der Waals surface area contributed by atoms with Gasteiger partial charge in [0.15, 0.2) is 0 Å². The Morgan fingerprint density at radius 1 is 1.50 bits per heavy atom. The third-order valence-corrected chi connectivity index (χ3v) is 4.26. The lowest BCUT2D eigenvalue weighted by Gasteiger charge is -2.14. The number of benzene rings is 1. The van der Waals surface area contributed by atoms with Crippen LogP contribution >= 0.6 is 11.6 Å². The Kier molecular flexibility index (Phi) is 4.55. The molecule has 0 aliphatic rings. The fourth-order valence-corrected chi connectivity index (χ4v) is 3.40. The van der Waals surface area contributed by atoms with E-state index in [2.05, 4.69) is 4.72 Å². The summed E-state index contributed by atoms with van der Waals surface area (Å²) in [5.74, 6) is -0.600. The van der Waals surface area contributed by atoms with E-state index in [4.69, 9.17) is 23.1 Å². The third kappa shape index (κ3) is 3.59. The molecule has 0 saturated heterocycles. The van der Waals surface area contributed by atoms with E-state index in [-0.39, 0.29) is 22.0 Å². The van der Waals surface area contributed by atoms with Gasteiger partial charge in [0.2, 0.25) is 15.9 Å². The number of carbonyl (C=O) groups excluding carboxylic acids is 1. The standard InChI is InChI=1S/C10H14ClN3O3S/c1-6(5-9(13)15)14-18(16,17)10-7(11)3-2-4-8(10)12/h2-4,6,14H,5,12H2,1H3,(H2,13,15). The number of halogens is 1. The van der Waals surface area contributed by atoms with Gasteiger partial charge in [-0.1, -0.05) is 17.7 Å². The monoisotopic (exact) mass is 291 g/mol. The fraction of sp³-hybridized carbons (Fsp3) is 0.300. The van der Waals surface area contributed by atoms with E-state index in [1.54, 1.807) is 6.07 Å². The van der Waals surface area contributed by atoms with Gasteiger partial charge in [0.25, 0.3) is 0 Å². The van der Waals surface area contributed by atoms with Crippen molar-refractivity contribution in [2.24, 2.45) is 5.73 Å². The van der Waals surface area contributed by atoms with Gasteiger partial charge >= 0.3 is 0 Å². The van der Waals surface area contributed by atoms with Crippen LogP contribution in [0.5, 0.6) is 0 Å². The molecule has 0 spiro atoms. The number of anilines is 1. The van der Waals surface area contributed by atoms with Gasteiger partial charge in [-0.2, -0.15) is 0 Å². The molecule has 5 N–H and O–H groups in total. The zero-order chi connectivity index (χ0) is 13.9. The van der Waals surface area contributed by atoms with E-state index in [1.807, 2.05) is 0 Å². The van der Waals surface area contributed by atoms with E-state index in [0.29, 0.717) is 0 Å². The van der Waals surface area contributed by atoms with Gasteiger partial charge in [-0.15, -0.1) is 0 Å². The highest BCUT2D eigenvalue weighted by atomic mass is 35.5. The van der Waals surface area contributed by atoms with Gasteiger partial charge in [0.1, 0.15) is 4.90 Å². The molecule has 8 heteroatoms. The summed E-state index contributed by atoms with van der Waals surface area (Å²) in [6.45, 7) is 1.52. The first kappa shape index (κ1) is 14.7. The van der Waals surface area contributed by atoms with E-state index in [0.717, 1.165) is 0 Å². The van der Waals surface area contributed by atoms with Crippen LogP contribution in [-0.2, 0) is 14.8 Å². The molecule has 1 atom stereocenters. The lowest BCUT2D eigenvalue weighted by molar-refractivity contribution is -0.118. The van der Waals surface area contributed by atoms with Crippen LogP contribution in [0.2, 0.25) is 5.02 Å². The molecule has 1 amide bonds. The SMILES string of the molecule is CC(CC(N)=O)NS(=O)(=O)c1c(N)cccc1Cl. The molecule has 1 aromatic rings. The van der Waals surface area contributed by atoms with Crippen LogP contribution in [0.3, 0.4) is 0 Å². The molecule has 18 heavy (non-hydrogen) atoms. The van der Waals surface area contributed by atoms with Crippen LogP contribution in [-0.4, -0.2) is 20.4 Å². The summed E-state index contributed by atoms with van der Waals surface area (Å²) in [6, 6.07) is 3.76. The first-order chi connectivity index (χ1) is 8.24. The van der Waals surface area contributed by atoms with E-state index >= 15 is 0 Å². The second-order valence-corrected chi connectivity index (χ2v) is 5.91. The molecule has 6 nitrogen and oxygen atoms in total. The molecule has 0 aliphatic carbocycles. The molecule has 0 aromatic heterocycles. The number of nitrogens with two attached hydrogens (primary N) is 2. The summed E-state index contributed by atoms with van der Waals surface area (Å²) >= 11 is 5.81. The Morgan fingerprint density at radius 2 is 2.11 bits per heavy atom. The van der Waals surface area contributed by atoms with Crippen LogP contribution in [0, 0.1) is 0 Å². The number of carbonyl (C=O) groups is 1. The van der Waals surface area contributed by atoms with Crippen LogP contribution in [0.15, 0.2) is 23.1 Å². The summed E-state index contributed by atoms with van der Waals surface area (Å²) in [7, 11) is -3.88. The largest absolute Gasteiger partial charge is 0.398 e. The first-order valence-corrected chi connectivity index (χ1v) is 6.95. The summed E-state index contributed by atoms with van der Waals surface area (Å²) in [5, 5.41) is 0.0220. The highest BCUT2D eigenvalue weighted by Gasteiger charge is 2.23. The second-order valence-electron chi connectivity index (χ2n) is 3.85. The normalized spacial score (nSPS) is 13.2. The summed E-state index contributed by atoms with van der Waals surface area (Å²) in [6.07, 6.45) is -0.108. The fourth-order valence-electron chi connectivity index (χ4n) is 1.48. The zero-order valence-electron chi connectivity index (χ0n) is 9.68. The quantitative estimate of drug-likeness (QED) is 0.684. The number of nitrogen functional groups attached to an aromatic ring is 1. The number of amides is 1. The average molecular weight is 292 g/mol. The van der Waals surface area contributed by atoms with Crippen LogP contribution in [0.25, 0.3) is 0 Å². The number of nitrogens with one attached hydrogen (secondary N) is 1. The molecule has 0 bridgehead atoms. The van der Waals surface area contributed by atoms with E-state index in [1.165, 1.54) is 19.1 Å². The minimum Gasteiger partial charge on any atom is -0.398 e. The van der Waals surface area contributed by atoms with Crippen molar-refractivity contribution in [2.75, 3.05) is 5.73 Å². The Labute approximate surface area is 110 Å². The minimum absolute atomic E-state index is 0.0220. The third-order valence-electron chi connectivity index (χ3n) is 2.13. The molecule has 100 valence electrons. The summed E-state index contributed by atoms with van der Waals surface area (Å²) in [4.78, 5) is 10.5. The molecule has 0 radical (unpaired) electrons. The maximum absolute atomic E-state index is 12.0. The number of hydrogen-bond donors (Lipinski definition) is 3. The minimum atomic E-state index is -3.88. The summed E-state index contributed by atoms with van der Waals surface area (Å²) < 4.78 is 26.4. The van der Waals surface area contributed by atoms with Crippen molar-refractivity contribution in [3.63, 3.8) is 0 Å². The van der Waals surface area contributed by atoms with Gasteiger partial charge in [-0.05, 0) is 19.1 Å². The maximum atomic E-state index is 12.0. The van der Waals surface area contributed by atoms with E-state index < -0.39 is 22.0 Å². The van der Waals surface area contributed by atoms with Crippen molar-refractivity contribution in [3.8, 4) is 0 Å². The number of rotatable bonds is 5. The second kappa shape index (κ2) is 5.55. The predicted molar refractivity (Wildman–Crippen MR) is 69.5 cm³/mol. The maximum Gasteiger partial charge on any atom is 0.244 e. The summed E-state index contributed by atoms with van der Waals surface area (Å²) in [5.41, 5.74) is 10.6. The zero-order valence-corrected chi connectivity index (χ0v) is 11.3. The number of hydrogen-bond acceptors (Lipinski definition) is 4. The molecule has 0 fully saturated rings. The van der Waals surface area contributed by atoms with Gasteiger partial charge < -0.3 is 11.5 Å². The van der Waals surface area contributed by atoms with Gasteiger partial charge in [-0.3, -0.25) is 4.79 Å². The highest BCUT2D eigenvalue weighted by Crippen LogP contribution is 2.27.